The summed E-state index contributed by atoms with van der Waals surface area (Å²) >= 11 is 3.21. The van der Waals surface area contributed by atoms with Gasteiger partial charge in [0.05, 0.1) is 5.56 Å². The molecule has 0 radical (unpaired) electrons. The maximum Gasteiger partial charge on any atom is 0.253 e. The molecule has 0 spiro atoms. The maximum atomic E-state index is 11.6. The minimum absolute atomic E-state index is 0.0960. The number of carbonyl (C=O) groups is 1. The standard InChI is InChI=1S/C11H13BrN2O/c1-3-4-8(2)14-11(15)9-5-6-10(12)13-7-9/h3,5-8H,1,4H2,2H3,(H,14,15). The van der Waals surface area contributed by atoms with E-state index in [0.717, 1.165) is 11.0 Å². The summed E-state index contributed by atoms with van der Waals surface area (Å²) < 4.78 is 0.721. The molecule has 0 saturated carbocycles. The molecule has 1 unspecified atom stereocenters. The molecular weight excluding hydrogens is 256 g/mol. The van der Waals surface area contributed by atoms with Crippen molar-refractivity contribution in [2.75, 3.05) is 0 Å². The highest BCUT2D eigenvalue weighted by Gasteiger charge is 2.08. The van der Waals surface area contributed by atoms with Crippen molar-refractivity contribution in [3.05, 3.63) is 41.2 Å². The molecule has 1 amide bonds. The first kappa shape index (κ1) is 11.9. The summed E-state index contributed by atoms with van der Waals surface area (Å²) in [5.41, 5.74) is 0.564. The Morgan fingerprint density at radius 2 is 2.47 bits per heavy atom. The van der Waals surface area contributed by atoms with Gasteiger partial charge in [-0.05, 0) is 41.4 Å². The van der Waals surface area contributed by atoms with Crippen molar-refractivity contribution in [2.24, 2.45) is 0 Å². The lowest BCUT2D eigenvalue weighted by Crippen LogP contribution is -2.32. The zero-order valence-corrected chi connectivity index (χ0v) is 10.1. The van der Waals surface area contributed by atoms with Crippen LogP contribution < -0.4 is 5.32 Å². The van der Waals surface area contributed by atoms with Crippen LogP contribution in [0.5, 0.6) is 0 Å². The third-order valence-corrected chi connectivity index (χ3v) is 2.36. The van der Waals surface area contributed by atoms with Gasteiger partial charge in [-0.3, -0.25) is 4.79 Å². The first-order valence-corrected chi connectivity index (χ1v) is 5.46. The summed E-state index contributed by atoms with van der Waals surface area (Å²) in [7, 11) is 0. The number of carbonyl (C=O) groups excluding carboxylic acids is 1. The Balaban J connectivity index is 2.61. The van der Waals surface area contributed by atoms with Gasteiger partial charge in [-0.2, -0.15) is 0 Å². The van der Waals surface area contributed by atoms with Crippen molar-refractivity contribution in [3.8, 4) is 0 Å². The Morgan fingerprint density at radius 1 is 1.73 bits per heavy atom. The van der Waals surface area contributed by atoms with Gasteiger partial charge in [0.25, 0.3) is 5.91 Å². The number of pyridine rings is 1. The molecule has 1 atom stereocenters. The first-order valence-electron chi connectivity index (χ1n) is 4.67. The Labute approximate surface area is 97.7 Å². The molecule has 1 rings (SSSR count). The number of amides is 1. The minimum Gasteiger partial charge on any atom is -0.349 e. The average Bonchev–Trinajstić information content (AvgIpc) is 2.18. The van der Waals surface area contributed by atoms with Gasteiger partial charge >= 0.3 is 0 Å². The zero-order valence-electron chi connectivity index (χ0n) is 8.53. The van der Waals surface area contributed by atoms with Gasteiger partial charge in [0.1, 0.15) is 4.60 Å². The topological polar surface area (TPSA) is 42.0 Å². The molecule has 1 aromatic heterocycles. The monoisotopic (exact) mass is 268 g/mol. The largest absolute Gasteiger partial charge is 0.349 e. The molecule has 0 saturated heterocycles. The minimum atomic E-state index is -0.107. The van der Waals surface area contributed by atoms with E-state index < -0.39 is 0 Å². The number of rotatable bonds is 4. The Bertz CT molecular complexity index is 348. The lowest BCUT2D eigenvalue weighted by atomic mass is 10.2. The fourth-order valence-corrected chi connectivity index (χ4v) is 1.36. The second-order valence-corrected chi connectivity index (χ2v) is 4.08. The molecule has 1 heterocycles. The number of hydrogen-bond acceptors (Lipinski definition) is 2. The molecule has 0 bridgehead atoms. The third kappa shape index (κ3) is 3.83. The fourth-order valence-electron chi connectivity index (χ4n) is 1.13. The molecule has 4 heteroatoms. The summed E-state index contributed by atoms with van der Waals surface area (Å²) in [6.45, 7) is 5.56. The van der Waals surface area contributed by atoms with E-state index in [1.807, 2.05) is 6.92 Å². The van der Waals surface area contributed by atoms with Gasteiger partial charge in [0.2, 0.25) is 0 Å². The smallest absolute Gasteiger partial charge is 0.253 e. The van der Waals surface area contributed by atoms with Crippen molar-refractivity contribution in [2.45, 2.75) is 19.4 Å². The van der Waals surface area contributed by atoms with Crippen LogP contribution in [0.1, 0.15) is 23.7 Å². The second kappa shape index (κ2) is 5.66. The number of nitrogens with one attached hydrogen (secondary N) is 1. The van der Waals surface area contributed by atoms with Crippen LogP contribution in [0.4, 0.5) is 0 Å². The van der Waals surface area contributed by atoms with E-state index in [0.29, 0.717) is 5.56 Å². The SMILES string of the molecule is C=CCC(C)NC(=O)c1ccc(Br)nc1. The van der Waals surface area contributed by atoms with Crippen LogP contribution in [0.15, 0.2) is 35.6 Å². The number of hydrogen-bond donors (Lipinski definition) is 1. The third-order valence-electron chi connectivity index (χ3n) is 1.89. The normalized spacial score (nSPS) is 11.9. The Kier molecular flexibility index (Phi) is 4.49. The first-order chi connectivity index (χ1) is 7.13. The van der Waals surface area contributed by atoms with Crippen LogP contribution in [0.3, 0.4) is 0 Å². The molecule has 15 heavy (non-hydrogen) atoms. The average molecular weight is 269 g/mol. The Hall–Kier alpha value is -1.16. The van der Waals surface area contributed by atoms with Gasteiger partial charge in [-0.1, -0.05) is 6.08 Å². The summed E-state index contributed by atoms with van der Waals surface area (Å²) in [5, 5.41) is 2.85. The van der Waals surface area contributed by atoms with Crippen LogP contribution in [0.25, 0.3) is 0 Å². The molecule has 0 aliphatic rings. The van der Waals surface area contributed by atoms with E-state index in [-0.39, 0.29) is 11.9 Å². The van der Waals surface area contributed by atoms with E-state index >= 15 is 0 Å². The van der Waals surface area contributed by atoms with Crippen LogP contribution in [0, 0.1) is 0 Å². The highest BCUT2D eigenvalue weighted by molar-refractivity contribution is 9.10. The van der Waals surface area contributed by atoms with E-state index in [1.54, 1.807) is 24.4 Å². The van der Waals surface area contributed by atoms with Crippen LogP contribution in [0.2, 0.25) is 0 Å². The van der Waals surface area contributed by atoms with E-state index in [4.69, 9.17) is 0 Å². The van der Waals surface area contributed by atoms with E-state index in [1.165, 1.54) is 0 Å². The van der Waals surface area contributed by atoms with Crippen molar-refractivity contribution >= 4 is 21.8 Å². The zero-order chi connectivity index (χ0) is 11.3. The van der Waals surface area contributed by atoms with Crippen LogP contribution in [-0.2, 0) is 0 Å². The van der Waals surface area contributed by atoms with E-state index in [9.17, 15) is 4.79 Å². The summed E-state index contributed by atoms with van der Waals surface area (Å²) in [6, 6.07) is 3.57. The van der Waals surface area contributed by atoms with Crippen molar-refractivity contribution < 1.29 is 4.79 Å². The maximum absolute atomic E-state index is 11.6. The fraction of sp³-hybridized carbons (Fsp3) is 0.273. The molecule has 0 aliphatic heterocycles. The summed E-state index contributed by atoms with van der Waals surface area (Å²) in [6.07, 6.45) is 4.08. The van der Waals surface area contributed by atoms with Gasteiger partial charge in [-0.25, -0.2) is 4.98 Å². The lowest BCUT2D eigenvalue weighted by molar-refractivity contribution is 0.0940. The highest BCUT2D eigenvalue weighted by atomic mass is 79.9. The molecular formula is C11H13BrN2O. The molecule has 80 valence electrons. The van der Waals surface area contributed by atoms with Crippen molar-refractivity contribution in [1.29, 1.82) is 0 Å². The lowest BCUT2D eigenvalue weighted by Gasteiger charge is -2.11. The summed E-state index contributed by atoms with van der Waals surface area (Å²) in [4.78, 5) is 15.6. The van der Waals surface area contributed by atoms with Gasteiger partial charge in [-0.15, -0.1) is 6.58 Å². The molecule has 1 N–H and O–H groups in total. The Morgan fingerprint density at radius 3 is 3.00 bits per heavy atom. The number of nitrogens with zero attached hydrogens (tertiary/aromatic N) is 1. The van der Waals surface area contributed by atoms with Crippen molar-refractivity contribution in [3.63, 3.8) is 0 Å². The predicted molar refractivity (Wildman–Crippen MR) is 63.7 cm³/mol. The quantitative estimate of drug-likeness (QED) is 0.674. The molecule has 0 aromatic carbocycles. The van der Waals surface area contributed by atoms with E-state index in [2.05, 4.69) is 32.8 Å². The van der Waals surface area contributed by atoms with Crippen LogP contribution in [-0.4, -0.2) is 16.9 Å². The molecule has 0 fully saturated rings. The predicted octanol–water partition coefficient (Wildman–Crippen LogP) is 2.54. The van der Waals surface area contributed by atoms with Gasteiger partial charge in [0, 0.05) is 12.2 Å². The van der Waals surface area contributed by atoms with Crippen molar-refractivity contribution in [1.82, 2.24) is 10.3 Å². The van der Waals surface area contributed by atoms with Gasteiger partial charge in [0.15, 0.2) is 0 Å². The molecule has 0 aliphatic carbocycles. The highest BCUT2D eigenvalue weighted by Crippen LogP contribution is 2.06. The summed E-state index contributed by atoms with van der Waals surface area (Å²) in [5.74, 6) is -0.107. The number of halogens is 1. The van der Waals surface area contributed by atoms with Gasteiger partial charge < -0.3 is 5.32 Å². The van der Waals surface area contributed by atoms with Crippen LogP contribution >= 0.6 is 15.9 Å². The molecule has 3 nitrogen and oxygen atoms in total. The molecule has 1 aromatic rings. The number of aromatic nitrogens is 1. The second-order valence-electron chi connectivity index (χ2n) is 3.27.